The van der Waals surface area contributed by atoms with Crippen LogP contribution in [0.2, 0.25) is 0 Å². The molecule has 20 heavy (non-hydrogen) atoms. The summed E-state index contributed by atoms with van der Waals surface area (Å²) < 4.78 is 0. The van der Waals surface area contributed by atoms with Crippen molar-refractivity contribution in [3.05, 3.63) is 0 Å². The Kier molecular flexibility index (Phi) is 5.70. The fourth-order valence-corrected chi connectivity index (χ4v) is 4.05. The number of carbonyl (C=O) groups excluding carboxylic acids is 2. The van der Waals surface area contributed by atoms with Gasteiger partial charge in [-0.1, -0.05) is 6.92 Å². The predicted molar refractivity (Wildman–Crippen MR) is 76.9 cm³/mol. The minimum atomic E-state index is 0.216. The highest BCUT2D eigenvalue weighted by atomic mass is 16.1. The average Bonchev–Trinajstić information content (AvgIpc) is 2.49. The van der Waals surface area contributed by atoms with E-state index in [1.807, 2.05) is 0 Å². The van der Waals surface area contributed by atoms with Gasteiger partial charge in [-0.15, -0.1) is 0 Å². The molecule has 0 heterocycles. The molecule has 2 rings (SSSR count). The maximum absolute atomic E-state index is 10.3. The highest BCUT2D eigenvalue weighted by molar-refractivity contribution is 5.33. The molecule has 2 fully saturated rings. The molecule has 0 aromatic heterocycles. The van der Waals surface area contributed by atoms with E-state index in [0.29, 0.717) is 0 Å². The van der Waals surface area contributed by atoms with Gasteiger partial charge in [0.25, 0.3) is 0 Å². The summed E-state index contributed by atoms with van der Waals surface area (Å²) in [7, 11) is 0. The molecular formula is C16H24N2O2. The van der Waals surface area contributed by atoms with Crippen LogP contribution < -0.4 is 0 Å². The third-order valence-electron chi connectivity index (χ3n) is 5.44. The van der Waals surface area contributed by atoms with Gasteiger partial charge < -0.3 is 0 Å². The molecule has 0 unspecified atom stereocenters. The van der Waals surface area contributed by atoms with Gasteiger partial charge >= 0.3 is 0 Å². The van der Waals surface area contributed by atoms with Gasteiger partial charge in [0.2, 0.25) is 12.2 Å². The van der Waals surface area contributed by atoms with Crippen molar-refractivity contribution in [3.8, 4) is 0 Å². The summed E-state index contributed by atoms with van der Waals surface area (Å²) in [5.41, 5.74) is 0. The molecule has 2 aliphatic rings. The van der Waals surface area contributed by atoms with Crippen LogP contribution in [0, 0.1) is 17.8 Å². The van der Waals surface area contributed by atoms with Gasteiger partial charge in [-0.2, -0.15) is 0 Å². The average molecular weight is 276 g/mol. The number of nitrogens with zero attached hydrogens (tertiary/aromatic N) is 2. The van der Waals surface area contributed by atoms with Crippen LogP contribution >= 0.6 is 0 Å². The first kappa shape index (κ1) is 15.2. The van der Waals surface area contributed by atoms with Gasteiger partial charge in [0, 0.05) is 0 Å². The van der Waals surface area contributed by atoms with E-state index in [2.05, 4.69) is 16.9 Å². The molecule has 0 saturated heterocycles. The Morgan fingerprint density at radius 3 is 1.40 bits per heavy atom. The van der Waals surface area contributed by atoms with Crippen LogP contribution in [0.3, 0.4) is 0 Å². The van der Waals surface area contributed by atoms with E-state index < -0.39 is 0 Å². The molecule has 0 bridgehead atoms. The zero-order chi connectivity index (χ0) is 14.4. The number of isocyanates is 2. The molecule has 0 N–H and O–H groups in total. The second-order valence-corrected chi connectivity index (χ2v) is 6.44. The Bertz CT molecular complexity index is 357. The Hall–Kier alpha value is -1.24. The predicted octanol–water partition coefficient (Wildman–Crippen LogP) is 3.41. The molecule has 4 heteroatoms. The van der Waals surface area contributed by atoms with Gasteiger partial charge in [-0.05, 0) is 69.1 Å². The van der Waals surface area contributed by atoms with Crippen molar-refractivity contribution in [2.45, 2.75) is 70.4 Å². The smallest absolute Gasteiger partial charge is 0.211 e. The van der Waals surface area contributed by atoms with Crippen LogP contribution in [0.5, 0.6) is 0 Å². The standard InChI is InChI=1S/C16H24N2O2/c1-12(13-2-6-15(7-3-13)17-10-19)14-4-8-16(9-5-14)18-11-20/h12-16H,2-9H2,1H3. The van der Waals surface area contributed by atoms with Crippen molar-refractivity contribution in [2.24, 2.45) is 27.7 Å². The van der Waals surface area contributed by atoms with Crippen LogP contribution in [0.4, 0.5) is 0 Å². The third-order valence-corrected chi connectivity index (χ3v) is 5.44. The molecule has 0 aromatic carbocycles. The van der Waals surface area contributed by atoms with Crippen molar-refractivity contribution in [1.29, 1.82) is 0 Å². The largest absolute Gasteiger partial charge is 0.235 e. The lowest BCUT2D eigenvalue weighted by Crippen LogP contribution is -2.29. The second kappa shape index (κ2) is 7.52. The van der Waals surface area contributed by atoms with E-state index in [9.17, 15) is 9.59 Å². The van der Waals surface area contributed by atoms with E-state index in [1.165, 1.54) is 25.7 Å². The molecule has 0 amide bonds. The van der Waals surface area contributed by atoms with Gasteiger partial charge in [0.15, 0.2) is 0 Å². The fraction of sp³-hybridized carbons (Fsp3) is 0.875. The second-order valence-electron chi connectivity index (χ2n) is 6.44. The molecule has 0 aliphatic heterocycles. The van der Waals surface area contributed by atoms with Crippen LogP contribution in [-0.4, -0.2) is 24.2 Å². The molecule has 0 aromatic rings. The summed E-state index contributed by atoms with van der Waals surface area (Å²) >= 11 is 0. The summed E-state index contributed by atoms with van der Waals surface area (Å²) in [6, 6.07) is 0.433. The lowest BCUT2D eigenvalue weighted by molar-refractivity contribution is 0.148. The summed E-state index contributed by atoms with van der Waals surface area (Å²) in [6.45, 7) is 2.38. The van der Waals surface area contributed by atoms with Crippen LogP contribution in [-0.2, 0) is 9.59 Å². The van der Waals surface area contributed by atoms with Crippen molar-refractivity contribution >= 4 is 12.2 Å². The van der Waals surface area contributed by atoms with Crippen molar-refractivity contribution < 1.29 is 9.59 Å². The maximum atomic E-state index is 10.3. The summed E-state index contributed by atoms with van der Waals surface area (Å²) in [4.78, 5) is 28.3. The summed E-state index contributed by atoms with van der Waals surface area (Å²) in [5.74, 6) is 2.27. The topological polar surface area (TPSA) is 58.9 Å². The quantitative estimate of drug-likeness (QED) is 0.583. The monoisotopic (exact) mass is 276 g/mol. The van der Waals surface area contributed by atoms with E-state index in [-0.39, 0.29) is 12.1 Å². The first-order valence-corrected chi connectivity index (χ1v) is 7.88. The van der Waals surface area contributed by atoms with Gasteiger partial charge in [-0.25, -0.2) is 19.6 Å². The van der Waals surface area contributed by atoms with Gasteiger partial charge in [0.05, 0.1) is 12.1 Å². The Balaban J connectivity index is 1.79. The molecule has 4 nitrogen and oxygen atoms in total. The minimum absolute atomic E-state index is 0.216. The molecule has 0 radical (unpaired) electrons. The normalized spacial score (nSPS) is 35.5. The van der Waals surface area contributed by atoms with Crippen molar-refractivity contribution in [2.75, 3.05) is 0 Å². The first-order chi connectivity index (χ1) is 9.74. The zero-order valence-electron chi connectivity index (χ0n) is 12.3. The Morgan fingerprint density at radius 1 is 0.750 bits per heavy atom. The molecule has 2 saturated carbocycles. The number of rotatable bonds is 4. The molecule has 0 atom stereocenters. The third kappa shape index (κ3) is 3.88. The Labute approximate surface area is 120 Å². The summed E-state index contributed by atoms with van der Waals surface area (Å²) in [6.07, 6.45) is 12.3. The summed E-state index contributed by atoms with van der Waals surface area (Å²) in [5, 5.41) is 0. The fourth-order valence-electron chi connectivity index (χ4n) is 4.05. The number of hydrogen-bond acceptors (Lipinski definition) is 4. The highest BCUT2D eigenvalue weighted by Crippen LogP contribution is 2.40. The van der Waals surface area contributed by atoms with E-state index in [1.54, 1.807) is 12.2 Å². The van der Waals surface area contributed by atoms with E-state index in [4.69, 9.17) is 0 Å². The van der Waals surface area contributed by atoms with Crippen LogP contribution in [0.1, 0.15) is 58.3 Å². The minimum Gasteiger partial charge on any atom is -0.211 e. The van der Waals surface area contributed by atoms with Crippen LogP contribution in [0.25, 0.3) is 0 Å². The zero-order valence-corrected chi connectivity index (χ0v) is 12.3. The molecule has 2 aliphatic carbocycles. The number of aliphatic imine (C=N–C) groups is 2. The SMILES string of the molecule is CC(C1CCC(N=C=O)CC1)C1CCC(N=C=O)CC1. The highest BCUT2D eigenvalue weighted by Gasteiger charge is 2.32. The van der Waals surface area contributed by atoms with Crippen molar-refractivity contribution in [3.63, 3.8) is 0 Å². The first-order valence-electron chi connectivity index (χ1n) is 7.88. The van der Waals surface area contributed by atoms with Crippen molar-refractivity contribution in [1.82, 2.24) is 0 Å². The molecule has 0 spiro atoms. The van der Waals surface area contributed by atoms with E-state index in [0.717, 1.165) is 43.4 Å². The van der Waals surface area contributed by atoms with E-state index >= 15 is 0 Å². The lowest BCUT2D eigenvalue weighted by Gasteiger charge is -2.37. The molecule has 110 valence electrons. The molecular weight excluding hydrogens is 252 g/mol. The maximum Gasteiger partial charge on any atom is 0.235 e. The Morgan fingerprint density at radius 2 is 1.10 bits per heavy atom. The van der Waals surface area contributed by atoms with Crippen LogP contribution in [0.15, 0.2) is 9.98 Å². The lowest BCUT2D eigenvalue weighted by atomic mass is 9.69. The van der Waals surface area contributed by atoms with Gasteiger partial charge in [-0.3, -0.25) is 0 Å². The van der Waals surface area contributed by atoms with Gasteiger partial charge in [0.1, 0.15) is 0 Å². The number of hydrogen-bond donors (Lipinski definition) is 0.